The predicted molar refractivity (Wildman–Crippen MR) is 63.9 cm³/mol. The summed E-state index contributed by atoms with van der Waals surface area (Å²) >= 11 is 5.49. The molecule has 76 valence electrons. The highest BCUT2D eigenvalue weighted by molar-refractivity contribution is 9.10. The summed E-state index contributed by atoms with van der Waals surface area (Å²) in [6.07, 6.45) is 0. The van der Waals surface area contributed by atoms with Crippen molar-refractivity contribution in [3.05, 3.63) is 28.2 Å². The van der Waals surface area contributed by atoms with Crippen LogP contribution in [0.5, 0.6) is 5.75 Å². The molecule has 0 aromatic heterocycles. The van der Waals surface area contributed by atoms with E-state index < -0.39 is 0 Å². The molecule has 2 nitrogen and oxygen atoms in total. The Hall–Kier alpha value is -0.190. The SMILES string of the molecule is COc1ccc(Br)c(C2NCCS2)c1. The molecule has 0 radical (unpaired) electrons. The fraction of sp³-hybridized carbons (Fsp3) is 0.400. The number of rotatable bonds is 2. The second-order valence-corrected chi connectivity index (χ2v) is 5.16. The third-order valence-corrected chi connectivity index (χ3v) is 4.12. The average molecular weight is 274 g/mol. The van der Waals surface area contributed by atoms with Crippen molar-refractivity contribution in [3.63, 3.8) is 0 Å². The zero-order valence-electron chi connectivity index (χ0n) is 7.92. The summed E-state index contributed by atoms with van der Waals surface area (Å²) < 4.78 is 6.36. The van der Waals surface area contributed by atoms with Gasteiger partial charge < -0.3 is 10.1 Å². The molecule has 1 heterocycles. The second kappa shape index (κ2) is 4.55. The number of ether oxygens (including phenoxy) is 1. The van der Waals surface area contributed by atoms with Gasteiger partial charge in [0.1, 0.15) is 5.75 Å². The van der Waals surface area contributed by atoms with Gasteiger partial charge in [-0.05, 0) is 23.8 Å². The van der Waals surface area contributed by atoms with Gasteiger partial charge in [0.25, 0.3) is 0 Å². The summed E-state index contributed by atoms with van der Waals surface area (Å²) in [4.78, 5) is 0. The Morgan fingerprint density at radius 3 is 3.07 bits per heavy atom. The molecule has 0 saturated carbocycles. The number of nitrogens with one attached hydrogen (secondary N) is 1. The third kappa shape index (κ3) is 2.07. The fourth-order valence-corrected chi connectivity index (χ4v) is 3.18. The molecule has 1 fully saturated rings. The summed E-state index contributed by atoms with van der Waals surface area (Å²) in [6, 6.07) is 6.09. The minimum atomic E-state index is 0.402. The molecule has 1 aromatic carbocycles. The third-order valence-electron chi connectivity index (χ3n) is 2.20. The molecular weight excluding hydrogens is 262 g/mol. The lowest BCUT2D eigenvalue weighted by Gasteiger charge is -2.13. The Morgan fingerprint density at radius 2 is 2.43 bits per heavy atom. The van der Waals surface area contributed by atoms with E-state index in [0.717, 1.165) is 16.8 Å². The van der Waals surface area contributed by atoms with E-state index in [1.807, 2.05) is 23.9 Å². The maximum absolute atomic E-state index is 5.21. The first-order valence-electron chi connectivity index (χ1n) is 4.49. The number of halogens is 1. The predicted octanol–water partition coefficient (Wildman–Crippen LogP) is 2.79. The van der Waals surface area contributed by atoms with Crippen LogP contribution >= 0.6 is 27.7 Å². The smallest absolute Gasteiger partial charge is 0.119 e. The zero-order valence-corrected chi connectivity index (χ0v) is 10.3. The number of hydrogen-bond donors (Lipinski definition) is 1. The lowest BCUT2D eigenvalue weighted by atomic mass is 10.2. The average Bonchev–Trinajstić information content (AvgIpc) is 2.71. The highest BCUT2D eigenvalue weighted by Crippen LogP contribution is 2.36. The van der Waals surface area contributed by atoms with Crippen molar-refractivity contribution in [1.82, 2.24) is 5.32 Å². The first-order chi connectivity index (χ1) is 6.81. The Kier molecular flexibility index (Phi) is 3.36. The van der Waals surface area contributed by atoms with Crippen LogP contribution in [0.3, 0.4) is 0 Å². The van der Waals surface area contributed by atoms with Crippen molar-refractivity contribution in [2.75, 3.05) is 19.4 Å². The lowest BCUT2D eigenvalue weighted by molar-refractivity contribution is 0.414. The van der Waals surface area contributed by atoms with E-state index in [-0.39, 0.29) is 0 Å². The van der Waals surface area contributed by atoms with Crippen LogP contribution in [0.4, 0.5) is 0 Å². The molecule has 14 heavy (non-hydrogen) atoms. The fourth-order valence-electron chi connectivity index (χ4n) is 1.48. The second-order valence-electron chi connectivity index (χ2n) is 3.09. The topological polar surface area (TPSA) is 21.3 Å². The number of thioether (sulfide) groups is 1. The van der Waals surface area contributed by atoms with Crippen LogP contribution in [-0.2, 0) is 0 Å². The standard InChI is InChI=1S/C10H12BrNOS/c1-13-7-2-3-9(11)8(6-7)10-12-4-5-14-10/h2-3,6,10,12H,4-5H2,1H3. The van der Waals surface area contributed by atoms with Crippen molar-refractivity contribution in [2.45, 2.75) is 5.37 Å². The monoisotopic (exact) mass is 273 g/mol. The number of methoxy groups -OCH3 is 1. The highest BCUT2D eigenvalue weighted by atomic mass is 79.9. The minimum Gasteiger partial charge on any atom is -0.497 e. The Balaban J connectivity index is 2.29. The first-order valence-corrected chi connectivity index (χ1v) is 6.34. The molecular formula is C10H12BrNOS. The normalized spacial score (nSPS) is 21.1. The van der Waals surface area contributed by atoms with E-state index in [1.54, 1.807) is 7.11 Å². The molecule has 1 N–H and O–H groups in total. The van der Waals surface area contributed by atoms with E-state index >= 15 is 0 Å². The van der Waals surface area contributed by atoms with Crippen molar-refractivity contribution in [1.29, 1.82) is 0 Å². The van der Waals surface area contributed by atoms with Crippen LogP contribution in [0.15, 0.2) is 22.7 Å². The van der Waals surface area contributed by atoms with E-state index in [0.29, 0.717) is 5.37 Å². The summed E-state index contributed by atoms with van der Waals surface area (Å²) in [7, 11) is 1.70. The Bertz CT molecular complexity index is 326. The maximum Gasteiger partial charge on any atom is 0.119 e. The van der Waals surface area contributed by atoms with Gasteiger partial charge in [-0.2, -0.15) is 0 Å². The van der Waals surface area contributed by atoms with Gasteiger partial charge >= 0.3 is 0 Å². The van der Waals surface area contributed by atoms with Gasteiger partial charge in [-0.15, -0.1) is 11.8 Å². The van der Waals surface area contributed by atoms with Gasteiger partial charge in [-0.25, -0.2) is 0 Å². The largest absolute Gasteiger partial charge is 0.497 e. The van der Waals surface area contributed by atoms with Gasteiger partial charge in [0, 0.05) is 16.8 Å². The molecule has 1 aliphatic rings. The zero-order chi connectivity index (χ0) is 9.97. The number of hydrogen-bond acceptors (Lipinski definition) is 3. The lowest BCUT2D eigenvalue weighted by Crippen LogP contribution is -2.12. The Morgan fingerprint density at radius 1 is 1.57 bits per heavy atom. The van der Waals surface area contributed by atoms with Crippen LogP contribution in [0, 0.1) is 0 Å². The summed E-state index contributed by atoms with van der Waals surface area (Å²) in [5.74, 6) is 2.09. The molecule has 1 unspecified atom stereocenters. The maximum atomic E-state index is 5.21. The van der Waals surface area contributed by atoms with Gasteiger partial charge in [-0.3, -0.25) is 0 Å². The first kappa shape index (κ1) is 10.3. The summed E-state index contributed by atoms with van der Waals surface area (Å²) in [5, 5.41) is 3.84. The molecule has 2 rings (SSSR count). The molecule has 0 amide bonds. The van der Waals surface area contributed by atoms with Gasteiger partial charge in [0.2, 0.25) is 0 Å². The van der Waals surface area contributed by atoms with Gasteiger partial charge in [0.15, 0.2) is 0 Å². The van der Waals surface area contributed by atoms with Crippen LogP contribution in [0.2, 0.25) is 0 Å². The molecule has 4 heteroatoms. The molecule has 0 spiro atoms. The van der Waals surface area contributed by atoms with Gasteiger partial charge in [-0.1, -0.05) is 15.9 Å². The summed E-state index contributed by atoms with van der Waals surface area (Å²) in [6.45, 7) is 1.08. The number of benzene rings is 1. The highest BCUT2D eigenvalue weighted by Gasteiger charge is 2.19. The van der Waals surface area contributed by atoms with E-state index in [4.69, 9.17) is 4.74 Å². The van der Waals surface area contributed by atoms with Crippen LogP contribution in [0.25, 0.3) is 0 Å². The van der Waals surface area contributed by atoms with E-state index in [2.05, 4.69) is 27.3 Å². The molecule has 0 bridgehead atoms. The molecule has 0 aliphatic carbocycles. The molecule has 1 aromatic rings. The van der Waals surface area contributed by atoms with E-state index in [1.165, 1.54) is 11.3 Å². The van der Waals surface area contributed by atoms with Crippen molar-refractivity contribution < 1.29 is 4.74 Å². The Labute approximate surface area is 96.5 Å². The van der Waals surface area contributed by atoms with Crippen LogP contribution in [-0.4, -0.2) is 19.4 Å². The van der Waals surface area contributed by atoms with Crippen molar-refractivity contribution in [3.8, 4) is 5.75 Å². The minimum absolute atomic E-state index is 0.402. The van der Waals surface area contributed by atoms with Crippen LogP contribution < -0.4 is 10.1 Å². The summed E-state index contributed by atoms with van der Waals surface area (Å²) in [5.41, 5.74) is 1.27. The van der Waals surface area contributed by atoms with Crippen molar-refractivity contribution >= 4 is 27.7 Å². The van der Waals surface area contributed by atoms with E-state index in [9.17, 15) is 0 Å². The van der Waals surface area contributed by atoms with Crippen molar-refractivity contribution in [2.24, 2.45) is 0 Å². The molecule has 1 saturated heterocycles. The van der Waals surface area contributed by atoms with Crippen LogP contribution in [0.1, 0.15) is 10.9 Å². The molecule has 1 atom stereocenters. The van der Waals surface area contributed by atoms with Gasteiger partial charge in [0.05, 0.1) is 12.5 Å². The molecule has 1 aliphatic heterocycles. The quantitative estimate of drug-likeness (QED) is 0.896.